The molecule has 132 valence electrons. The number of hydrogen-bond acceptors (Lipinski definition) is 5. The number of nitrogens with zero attached hydrogens (tertiary/aromatic N) is 3. The minimum Gasteiger partial charge on any atom is -0.272 e. The van der Waals surface area contributed by atoms with E-state index in [0.29, 0.717) is 21.0 Å². The molecule has 1 amide bonds. The van der Waals surface area contributed by atoms with E-state index >= 15 is 0 Å². The molecule has 0 aromatic heterocycles. The van der Waals surface area contributed by atoms with Gasteiger partial charge in [-0.2, -0.15) is 5.10 Å². The van der Waals surface area contributed by atoms with Crippen molar-refractivity contribution in [1.29, 1.82) is 0 Å². The first kappa shape index (κ1) is 18.3. The fraction of sp³-hybridized carbons (Fsp3) is 0.167. The molecule has 0 unspecified atom stereocenters. The van der Waals surface area contributed by atoms with Crippen LogP contribution in [0.2, 0.25) is 5.02 Å². The molecule has 0 aliphatic carbocycles. The molecule has 1 N–H and O–H groups in total. The number of hydrazone groups is 1. The van der Waals surface area contributed by atoms with Crippen LogP contribution in [0.3, 0.4) is 0 Å². The van der Waals surface area contributed by atoms with Crippen molar-refractivity contribution >= 4 is 51.9 Å². The van der Waals surface area contributed by atoms with Crippen molar-refractivity contribution in [1.82, 2.24) is 5.43 Å². The third-order valence-corrected chi connectivity index (χ3v) is 4.96. The normalized spacial score (nSPS) is 12.8. The van der Waals surface area contributed by atoms with Gasteiger partial charge in [-0.05, 0) is 17.7 Å². The third kappa shape index (κ3) is 4.56. The molecular weight excluding hydrogens is 372 g/mol. The number of rotatable bonds is 5. The first-order valence-electron chi connectivity index (χ1n) is 7.83. The second-order valence-electron chi connectivity index (χ2n) is 5.60. The molecule has 1 aliphatic heterocycles. The summed E-state index contributed by atoms with van der Waals surface area (Å²) in [6, 6.07) is 12.9. The van der Waals surface area contributed by atoms with Gasteiger partial charge in [-0.25, -0.2) is 10.4 Å². The van der Waals surface area contributed by atoms with Crippen molar-refractivity contribution in [3.63, 3.8) is 0 Å². The predicted molar refractivity (Wildman–Crippen MR) is 106 cm³/mol. The lowest BCUT2D eigenvalue weighted by Gasteiger charge is -2.00. The number of carbonyl (C=O) groups excluding carboxylic acids is 1. The van der Waals surface area contributed by atoms with Crippen LogP contribution < -0.4 is 5.43 Å². The van der Waals surface area contributed by atoms with Gasteiger partial charge in [-0.3, -0.25) is 4.79 Å². The van der Waals surface area contributed by atoms with Gasteiger partial charge in [0.15, 0.2) is 7.05 Å². The summed E-state index contributed by atoms with van der Waals surface area (Å²) in [5, 5.41) is 5.20. The molecule has 0 bridgehead atoms. The van der Waals surface area contributed by atoms with E-state index in [4.69, 9.17) is 11.6 Å². The number of carbonyl (C=O) groups is 1. The molecule has 6 nitrogen and oxygen atoms in total. The van der Waals surface area contributed by atoms with Crippen LogP contribution in [0, 0.1) is 4.91 Å². The highest BCUT2D eigenvalue weighted by Crippen LogP contribution is 2.29. The molecule has 0 fully saturated rings. The number of fused-ring (bicyclic) bond motifs is 1. The summed E-state index contributed by atoms with van der Waals surface area (Å²) in [5.74, 6) is 0.0133. The number of thioether (sulfide) groups is 1. The Morgan fingerprint density at radius 1 is 1.38 bits per heavy atom. The van der Waals surface area contributed by atoms with E-state index in [1.807, 2.05) is 24.3 Å². The van der Waals surface area contributed by atoms with E-state index in [9.17, 15) is 9.70 Å². The van der Waals surface area contributed by atoms with Gasteiger partial charge in [0.1, 0.15) is 5.02 Å². The second kappa shape index (κ2) is 8.25. The molecule has 0 radical (unpaired) electrons. The highest BCUT2D eigenvalue weighted by atomic mass is 35.5. The molecule has 3 rings (SSSR count). The smallest absolute Gasteiger partial charge is 0.272 e. The maximum absolute atomic E-state index is 11.9. The number of nitroso groups, excluding NO2 is 1. The van der Waals surface area contributed by atoms with Crippen LogP contribution in [-0.4, -0.2) is 34.7 Å². The summed E-state index contributed by atoms with van der Waals surface area (Å²) < 4.78 is 0.676. The molecule has 0 atom stereocenters. The molecule has 26 heavy (non-hydrogen) atoms. The Kier molecular flexibility index (Phi) is 5.80. The monoisotopic (exact) mass is 387 g/mol. The average Bonchev–Trinajstić information content (AvgIpc) is 3.04. The highest BCUT2D eigenvalue weighted by Gasteiger charge is 2.15. The lowest BCUT2D eigenvalue weighted by atomic mass is 10.2. The number of nitrogens with one attached hydrogen (secondary N) is 1. The number of para-hydroxylation sites is 1. The van der Waals surface area contributed by atoms with E-state index in [-0.39, 0.29) is 11.7 Å². The summed E-state index contributed by atoms with van der Waals surface area (Å²) in [6.07, 6.45) is 2.22. The van der Waals surface area contributed by atoms with Gasteiger partial charge < -0.3 is 0 Å². The Morgan fingerprint density at radius 3 is 2.96 bits per heavy atom. The topological polar surface area (TPSA) is 73.9 Å². The first-order chi connectivity index (χ1) is 12.5. The fourth-order valence-electron chi connectivity index (χ4n) is 2.40. The zero-order valence-electron chi connectivity index (χ0n) is 14.0. The van der Waals surface area contributed by atoms with E-state index < -0.39 is 0 Å². The van der Waals surface area contributed by atoms with E-state index in [2.05, 4.69) is 15.5 Å². The molecular formula is C18H16ClN4O2S+. The summed E-state index contributed by atoms with van der Waals surface area (Å²) in [5.41, 5.74) is 5.62. The Hall–Kier alpha value is -2.51. The lowest BCUT2D eigenvalue weighted by Crippen LogP contribution is -2.20. The predicted octanol–water partition coefficient (Wildman–Crippen LogP) is 3.85. The Labute approximate surface area is 159 Å². The van der Waals surface area contributed by atoms with Crippen molar-refractivity contribution in [2.24, 2.45) is 10.1 Å². The summed E-state index contributed by atoms with van der Waals surface area (Å²) in [7, 11) is 1.37. The number of hydrogen-bond donors (Lipinski definition) is 1. The molecule has 0 saturated heterocycles. The molecule has 0 saturated carbocycles. The van der Waals surface area contributed by atoms with Crippen LogP contribution in [0.4, 0.5) is 11.4 Å². The zero-order valence-corrected chi connectivity index (χ0v) is 15.5. The largest absolute Gasteiger partial charge is 0.274 e. The fourth-order valence-corrected chi connectivity index (χ4v) is 3.42. The number of halogens is 1. The lowest BCUT2D eigenvalue weighted by molar-refractivity contribution is -0.428. The molecule has 8 heteroatoms. The number of aliphatic imine (C=N–C) groups is 1. The number of amides is 1. The van der Waals surface area contributed by atoms with Crippen molar-refractivity contribution in [2.75, 3.05) is 12.8 Å². The average molecular weight is 388 g/mol. The Bertz CT molecular complexity index is 927. The minimum atomic E-state index is -0.222. The molecule has 1 heterocycles. The zero-order chi connectivity index (χ0) is 18.5. The molecule has 0 spiro atoms. The summed E-state index contributed by atoms with van der Waals surface area (Å²) in [6.45, 7) is 0. The standard InChI is InChI=1S/C18H15ClN4O2S/c1-23(25)16-8-12(6-7-14(16)19)10-20-22-17(24)11-26-18-9-13-4-2-3-5-15(13)21-18/h2-8,10H,9,11H2,1H3/p+1/b20-10+. The van der Waals surface area contributed by atoms with E-state index in [0.717, 1.165) is 17.2 Å². The molecule has 1 aliphatic rings. The van der Waals surface area contributed by atoms with Crippen LogP contribution in [0.5, 0.6) is 0 Å². The van der Waals surface area contributed by atoms with Gasteiger partial charge >= 0.3 is 0 Å². The minimum absolute atomic E-state index is 0.222. The van der Waals surface area contributed by atoms with E-state index in [1.165, 1.54) is 30.6 Å². The highest BCUT2D eigenvalue weighted by molar-refractivity contribution is 8.14. The van der Waals surface area contributed by atoms with Crippen molar-refractivity contribution in [2.45, 2.75) is 6.42 Å². The SMILES string of the molecule is C[N+](=O)c1cc(/C=N/NC(=O)CSC2=Nc3ccccc3C2)ccc1Cl. The van der Waals surface area contributed by atoms with Crippen LogP contribution in [-0.2, 0) is 11.2 Å². The van der Waals surface area contributed by atoms with Crippen LogP contribution in [0.1, 0.15) is 11.1 Å². The Morgan fingerprint density at radius 2 is 2.19 bits per heavy atom. The third-order valence-electron chi connectivity index (χ3n) is 3.66. The maximum Gasteiger partial charge on any atom is 0.274 e. The first-order valence-corrected chi connectivity index (χ1v) is 9.20. The van der Waals surface area contributed by atoms with Crippen LogP contribution >= 0.6 is 23.4 Å². The van der Waals surface area contributed by atoms with Crippen molar-refractivity contribution < 1.29 is 9.55 Å². The van der Waals surface area contributed by atoms with Gasteiger partial charge in [0.25, 0.3) is 5.69 Å². The van der Waals surface area contributed by atoms with E-state index in [1.54, 1.807) is 18.2 Å². The van der Waals surface area contributed by atoms with Crippen LogP contribution in [0.15, 0.2) is 52.6 Å². The summed E-state index contributed by atoms with van der Waals surface area (Å²) in [4.78, 5) is 27.8. The second-order valence-corrected chi connectivity index (χ2v) is 7.06. The van der Waals surface area contributed by atoms with Crippen LogP contribution in [0.25, 0.3) is 0 Å². The van der Waals surface area contributed by atoms with Crippen molar-refractivity contribution in [3.8, 4) is 0 Å². The van der Waals surface area contributed by atoms with Gasteiger partial charge in [-0.1, -0.05) is 35.9 Å². The van der Waals surface area contributed by atoms with Gasteiger partial charge in [0.05, 0.1) is 22.7 Å². The summed E-state index contributed by atoms with van der Waals surface area (Å²) >= 11 is 7.34. The quantitative estimate of drug-likeness (QED) is 0.481. The van der Waals surface area contributed by atoms with Gasteiger partial charge in [0, 0.05) is 27.7 Å². The van der Waals surface area contributed by atoms with Gasteiger partial charge in [0.2, 0.25) is 5.91 Å². The number of benzene rings is 2. The molecule has 2 aromatic carbocycles. The van der Waals surface area contributed by atoms with Crippen molar-refractivity contribution in [3.05, 3.63) is 63.5 Å². The molecule has 2 aromatic rings. The maximum atomic E-state index is 11.9. The Balaban J connectivity index is 1.50. The van der Waals surface area contributed by atoms with Gasteiger partial charge in [-0.15, -0.1) is 11.8 Å².